The highest BCUT2D eigenvalue weighted by atomic mass is 16.7. The number of esters is 1. The first-order valence-electron chi connectivity index (χ1n) is 14.0. The van der Waals surface area contributed by atoms with Crippen molar-refractivity contribution in [1.29, 1.82) is 0 Å². The highest BCUT2D eigenvalue weighted by Crippen LogP contribution is 2.89. The Morgan fingerprint density at radius 1 is 0.912 bits per heavy atom. The molecule has 2 aliphatic heterocycles. The summed E-state index contributed by atoms with van der Waals surface area (Å²) in [6, 6.07) is 0. The fourth-order valence-corrected chi connectivity index (χ4v) is 12.0. The number of rotatable bonds is 0. The van der Waals surface area contributed by atoms with Gasteiger partial charge in [-0.3, -0.25) is 4.79 Å². The van der Waals surface area contributed by atoms with E-state index in [-0.39, 0.29) is 28.3 Å². The maximum Gasteiger partial charge on any atom is 0.336 e. The van der Waals surface area contributed by atoms with E-state index in [0.29, 0.717) is 39.9 Å². The lowest BCUT2D eigenvalue weighted by atomic mass is 9.42. The van der Waals surface area contributed by atoms with Crippen LogP contribution in [0, 0.1) is 50.7 Å². The third-order valence-corrected chi connectivity index (χ3v) is 13.5. The number of ether oxygens (including phenoxy) is 2. The van der Waals surface area contributed by atoms with Crippen LogP contribution in [0.25, 0.3) is 0 Å². The largest absolute Gasteiger partial charge is 0.426 e. The van der Waals surface area contributed by atoms with Crippen molar-refractivity contribution in [3.8, 4) is 0 Å². The summed E-state index contributed by atoms with van der Waals surface area (Å²) in [5.41, 5.74) is 1.87. The molecule has 5 saturated carbocycles. The van der Waals surface area contributed by atoms with E-state index in [1.807, 2.05) is 13.0 Å². The van der Waals surface area contributed by atoms with Gasteiger partial charge in [0.15, 0.2) is 0 Å². The van der Waals surface area contributed by atoms with Crippen molar-refractivity contribution in [2.24, 2.45) is 50.7 Å². The first-order valence-corrected chi connectivity index (χ1v) is 14.0. The second kappa shape index (κ2) is 6.03. The van der Waals surface area contributed by atoms with Crippen molar-refractivity contribution in [1.82, 2.24) is 0 Å². The van der Waals surface area contributed by atoms with Gasteiger partial charge < -0.3 is 9.47 Å². The molecule has 4 nitrogen and oxygen atoms in total. The molecule has 0 amide bonds. The molecule has 0 aromatic heterocycles. The van der Waals surface area contributed by atoms with Gasteiger partial charge in [-0.15, -0.1) is 0 Å². The lowest BCUT2D eigenvalue weighted by molar-refractivity contribution is -0.258. The molecular weight excluding hydrogens is 424 g/mol. The van der Waals surface area contributed by atoms with Crippen LogP contribution < -0.4 is 0 Å². The van der Waals surface area contributed by atoms with Crippen molar-refractivity contribution in [2.45, 2.75) is 111 Å². The van der Waals surface area contributed by atoms with Crippen LogP contribution in [-0.4, -0.2) is 23.6 Å². The van der Waals surface area contributed by atoms with E-state index in [4.69, 9.17) is 9.47 Å². The molecular formula is C30H42O4. The summed E-state index contributed by atoms with van der Waals surface area (Å²) in [4.78, 5) is 25.2. The quantitative estimate of drug-likeness (QED) is 0.397. The minimum atomic E-state index is -0.841. The van der Waals surface area contributed by atoms with E-state index in [9.17, 15) is 9.59 Å². The molecule has 7 rings (SSSR count). The van der Waals surface area contributed by atoms with Crippen LogP contribution in [-0.2, 0) is 19.1 Å². The molecule has 3 spiro atoms. The van der Waals surface area contributed by atoms with E-state index in [0.717, 1.165) is 31.6 Å². The molecule has 0 radical (unpaired) electrons. The molecule has 0 unspecified atom stereocenters. The molecule has 7 aliphatic rings. The third-order valence-electron chi connectivity index (χ3n) is 13.5. The minimum Gasteiger partial charge on any atom is -0.426 e. The number of carbonyl (C=O) groups excluding carboxylic acids is 2. The van der Waals surface area contributed by atoms with Gasteiger partial charge in [-0.2, -0.15) is 0 Å². The first-order chi connectivity index (χ1) is 15.8. The van der Waals surface area contributed by atoms with E-state index >= 15 is 0 Å². The van der Waals surface area contributed by atoms with Crippen LogP contribution in [0.2, 0.25) is 0 Å². The average molecular weight is 467 g/mol. The van der Waals surface area contributed by atoms with Crippen LogP contribution >= 0.6 is 0 Å². The zero-order valence-electron chi connectivity index (χ0n) is 22.0. The monoisotopic (exact) mass is 466 g/mol. The number of hydrogen-bond donors (Lipinski definition) is 0. The summed E-state index contributed by atoms with van der Waals surface area (Å²) in [6.07, 6.45) is 12.3. The lowest BCUT2D eigenvalue weighted by Crippen LogP contribution is -2.57. The molecule has 186 valence electrons. The number of hydrogen-bond acceptors (Lipinski definition) is 4. The van der Waals surface area contributed by atoms with Crippen molar-refractivity contribution in [3.63, 3.8) is 0 Å². The number of Topliss-reactive ketones (excluding diaryl/α,β-unsaturated/α-hetero) is 1. The topological polar surface area (TPSA) is 52.6 Å². The Kier molecular flexibility index (Phi) is 3.92. The van der Waals surface area contributed by atoms with Crippen LogP contribution in [0.15, 0.2) is 11.6 Å². The van der Waals surface area contributed by atoms with Gasteiger partial charge in [0.1, 0.15) is 5.78 Å². The Balaban J connectivity index is 1.25. The molecule has 0 bridgehead atoms. The van der Waals surface area contributed by atoms with Gasteiger partial charge in [-0.05, 0) is 103 Å². The van der Waals surface area contributed by atoms with E-state index in [1.165, 1.54) is 32.1 Å². The van der Waals surface area contributed by atoms with Crippen molar-refractivity contribution < 1.29 is 19.1 Å². The SMILES string of the molecule is CC1=C[C@]2(C[C@@H](C)[C@H]3[C@@H](C[C@@]4(C)[C@@H]5CC[C@H]6C(C)(C)C(=O)CC[C@@]67C[C@@]57CC[C@]34C)O2)OC1=O. The third kappa shape index (κ3) is 2.20. The fourth-order valence-electron chi connectivity index (χ4n) is 12.0. The highest BCUT2D eigenvalue weighted by Gasteiger charge is 2.83. The van der Waals surface area contributed by atoms with Gasteiger partial charge in [0.2, 0.25) is 5.79 Å². The van der Waals surface area contributed by atoms with Crippen LogP contribution in [0.4, 0.5) is 0 Å². The summed E-state index contributed by atoms with van der Waals surface area (Å²) in [5, 5.41) is 0. The molecule has 34 heavy (non-hydrogen) atoms. The fraction of sp³-hybridized carbons (Fsp3) is 0.867. The molecule has 1 saturated heterocycles. The Hall–Kier alpha value is -1.16. The van der Waals surface area contributed by atoms with E-state index < -0.39 is 5.79 Å². The van der Waals surface area contributed by atoms with Gasteiger partial charge in [-0.25, -0.2) is 4.79 Å². The first kappa shape index (κ1) is 22.1. The second-order valence-corrected chi connectivity index (χ2v) is 14.7. The van der Waals surface area contributed by atoms with Crippen molar-refractivity contribution in [3.05, 3.63) is 11.6 Å². The standard InChI is InChI=1S/C30H42O4/c1-17-13-30(14-18(2)24(32)34-30)33-19-15-27(6)21-8-7-20-25(3,4)22(31)9-10-28(20)16-29(21,28)12-11-26(27,5)23(17)19/h14,17,19-21,23H,7-13,15-16H2,1-6H3/t17-,19-,20+,21+,23+,26-,27+,28-,29+,30+/m1/s1. The smallest absolute Gasteiger partial charge is 0.336 e. The predicted molar refractivity (Wildman–Crippen MR) is 129 cm³/mol. The van der Waals surface area contributed by atoms with E-state index in [2.05, 4.69) is 34.6 Å². The average Bonchev–Trinajstić information content (AvgIpc) is 3.24. The Morgan fingerprint density at radius 3 is 2.32 bits per heavy atom. The maximum atomic E-state index is 12.9. The Labute approximate surface area is 204 Å². The van der Waals surface area contributed by atoms with Gasteiger partial charge >= 0.3 is 5.97 Å². The zero-order valence-corrected chi connectivity index (χ0v) is 22.0. The zero-order chi connectivity index (χ0) is 24.1. The summed E-state index contributed by atoms with van der Waals surface area (Å²) >= 11 is 0. The number of ketones is 1. The van der Waals surface area contributed by atoms with Gasteiger partial charge in [0.05, 0.1) is 6.10 Å². The summed E-state index contributed by atoms with van der Waals surface area (Å²) in [5.74, 6) is 1.72. The lowest BCUT2D eigenvalue weighted by Gasteiger charge is -2.62. The van der Waals surface area contributed by atoms with Crippen LogP contribution in [0.1, 0.15) is 99.3 Å². The summed E-state index contributed by atoms with van der Waals surface area (Å²) < 4.78 is 12.7. The Bertz CT molecular complexity index is 1040. The molecule has 2 heterocycles. The minimum absolute atomic E-state index is 0.153. The van der Waals surface area contributed by atoms with Crippen molar-refractivity contribution >= 4 is 11.8 Å². The predicted octanol–water partition coefficient (Wildman–Crippen LogP) is 6.23. The number of carbonyl (C=O) groups is 2. The molecule has 6 fully saturated rings. The van der Waals surface area contributed by atoms with Crippen LogP contribution in [0.3, 0.4) is 0 Å². The van der Waals surface area contributed by atoms with Crippen molar-refractivity contribution in [2.75, 3.05) is 0 Å². The normalized spacial score (nSPS) is 58.8. The molecule has 0 aromatic rings. The molecule has 10 atom stereocenters. The highest BCUT2D eigenvalue weighted by molar-refractivity contribution is 5.90. The van der Waals surface area contributed by atoms with Gasteiger partial charge in [-0.1, -0.05) is 34.6 Å². The number of fused-ring (bicyclic) bond motifs is 4. The molecule has 4 heteroatoms. The summed E-state index contributed by atoms with van der Waals surface area (Å²) in [6.45, 7) is 13.9. The van der Waals surface area contributed by atoms with Gasteiger partial charge in [0.25, 0.3) is 0 Å². The van der Waals surface area contributed by atoms with Gasteiger partial charge in [0, 0.05) is 23.8 Å². The summed E-state index contributed by atoms with van der Waals surface area (Å²) in [7, 11) is 0. The maximum absolute atomic E-state index is 12.9. The molecule has 0 aromatic carbocycles. The van der Waals surface area contributed by atoms with Crippen LogP contribution in [0.5, 0.6) is 0 Å². The van der Waals surface area contributed by atoms with E-state index in [1.54, 1.807) is 0 Å². The Morgan fingerprint density at radius 2 is 1.62 bits per heavy atom. The molecule has 0 N–H and O–H groups in total. The second-order valence-electron chi connectivity index (χ2n) is 14.7. The molecule has 5 aliphatic carbocycles.